The summed E-state index contributed by atoms with van der Waals surface area (Å²) in [6, 6.07) is 10.8. The van der Waals surface area contributed by atoms with E-state index in [1.165, 1.54) is 24.8 Å². The maximum atomic E-state index is 12.8. The Labute approximate surface area is 203 Å². The molecule has 1 atom stereocenters. The number of carbonyl (C=O) groups excluding carboxylic acids is 1. The Morgan fingerprint density at radius 1 is 1.09 bits per heavy atom. The zero-order chi connectivity index (χ0) is 25.9. The van der Waals surface area contributed by atoms with Crippen LogP contribution in [0.5, 0.6) is 11.5 Å². The number of carboxylic acids is 1. The number of amides is 2. The standard InChI is InChI=1S/C26H29N3O6/c1-14-7-6-8-15(2)23(14)18-10-17(11-19(12-18)35-5)20(13-22(31)32)27-26(34)28-24-21(30)9-16(3)29(4)25(24)33/h6-12,20,30H,13H2,1-5H3,(H,31,32)(H2,27,28,34). The molecule has 0 aliphatic rings. The number of nitrogens with zero attached hydrogens (tertiary/aromatic N) is 1. The molecule has 0 aliphatic heterocycles. The van der Waals surface area contributed by atoms with Gasteiger partial charge in [-0.25, -0.2) is 4.79 Å². The summed E-state index contributed by atoms with van der Waals surface area (Å²) in [5.74, 6) is -1.00. The van der Waals surface area contributed by atoms with Crippen molar-refractivity contribution in [1.29, 1.82) is 0 Å². The first-order valence-electron chi connectivity index (χ1n) is 11.0. The number of carbonyl (C=O) groups is 2. The van der Waals surface area contributed by atoms with Gasteiger partial charge in [0.15, 0.2) is 5.69 Å². The van der Waals surface area contributed by atoms with Crippen LogP contribution in [-0.4, -0.2) is 33.9 Å². The first kappa shape index (κ1) is 25.4. The number of benzene rings is 2. The Bertz CT molecular complexity index is 1330. The average Bonchev–Trinajstić information content (AvgIpc) is 2.79. The van der Waals surface area contributed by atoms with Gasteiger partial charge >= 0.3 is 12.0 Å². The van der Waals surface area contributed by atoms with Crippen molar-refractivity contribution in [1.82, 2.24) is 9.88 Å². The molecule has 0 bridgehead atoms. The van der Waals surface area contributed by atoms with E-state index in [9.17, 15) is 24.6 Å². The minimum Gasteiger partial charge on any atom is -0.505 e. The van der Waals surface area contributed by atoms with Crippen LogP contribution in [0, 0.1) is 20.8 Å². The van der Waals surface area contributed by atoms with Crippen molar-refractivity contribution in [2.75, 3.05) is 12.4 Å². The summed E-state index contributed by atoms with van der Waals surface area (Å²) in [6.45, 7) is 5.61. The molecule has 2 amide bonds. The smallest absolute Gasteiger partial charge is 0.319 e. The van der Waals surface area contributed by atoms with E-state index in [-0.39, 0.29) is 11.4 Å². The van der Waals surface area contributed by atoms with Crippen molar-refractivity contribution in [2.24, 2.45) is 7.05 Å². The van der Waals surface area contributed by atoms with E-state index in [2.05, 4.69) is 10.6 Å². The molecular weight excluding hydrogens is 450 g/mol. The second-order valence-electron chi connectivity index (χ2n) is 8.42. The van der Waals surface area contributed by atoms with Gasteiger partial charge in [0.1, 0.15) is 11.5 Å². The van der Waals surface area contributed by atoms with Gasteiger partial charge in [0.2, 0.25) is 0 Å². The first-order valence-corrected chi connectivity index (χ1v) is 11.0. The Kier molecular flexibility index (Phi) is 7.49. The molecule has 0 radical (unpaired) electrons. The molecule has 0 saturated heterocycles. The third kappa shape index (κ3) is 5.63. The van der Waals surface area contributed by atoms with E-state index in [1.807, 2.05) is 44.2 Å². The van der Waals surface area contributed by atoms with E-state index >= 15 is 0 Å². The summed E-state index contributed by atoms with van der Waals surface area (Å²) in [5, 5.41) is 24.6. The van der Waals surface area contributed by atoms with Crippen molar-refractivity contribution in [2.45, 2.75) is 33.2 Å². The molecule has 0 saturated carbocycles. The third-order valence-electron chi connectivity index (χ3n) is 5.91. The predicted molar refractivity (Wildman–Crippen MR) is 133 cm³/mol. The Balaban J connectivity index is 2.00. The minimum absolute atomic E-state index is 0.299. The fourth-order valence-corrected chi connectivity index (χ4v) is 4.01. The normalized spacial score (nSPS) is 11.6. The monoisotopic (exact) mass is 479 g/mol. The summed E-state index contributed by atoms with van der Waals surface area (Å²) in [7, 11) is 3.02. The van der Waals surface area contributed by atoms with Gasteiger partial charge in [-0.05, 0) is 66.8 Å². The van der Waals surface area contributed by atoms with E-state index in [4.69, 9.17) is 4.74 Å². The topological polar surface area (TPSA) is 130 Å². The second kappa shape index (κ2) is 10.3. The lowest BCUT2D eigenvalue weighted by Gasteiger charge is -2.21. The summed E-state index contributed by atoms with van der Waals surface area (Å²) in [4.78, 5) is 36.9. The van der Waals surface area contributed by atoms with Gasteiger partial charge in [-0.2, -0.15) is 0 Å². The van der Waals surface area contributed by atoms with Crippen LogP contribution in [0.3, 0.4) is 0 Å². The number of methoxy groups -OCH3 is 1. The van der Waals surface area contributed by atoms with Crippen molar-refractivity contribution >= 4 is 17.7 Å². The van der Waals surface area contributed by atoms with Gasteiger partial charge < -0.3 is 30.2 Å². The molecule has 1 aromatic heterocycles. The van der Waals surface area contributed by atoms with Gasteiger partial charge in [-0.3, -0.25) is 9.59 Å². The van der Waals surface area contributed by atoms with Crippen LogP contribution in [0.1, 0.15) is 34.8 Å². The van der Waals surface area contributed by atoms with Crippen LogP contribution in [0.2, 0.25) is 0 Å². The van der Waals surface area contributed by atoms with Gasteiger partial charge in [0.05, 0.1) is 19.6 Å². The number of aliphatic carboxylic acids is 1. The van der Waals surface area contributed by atoms with Crippen molar-refractivity contribution in [3.05, 3.63) is 75.2 Å². The average molecular weight is 480 g/mol. The number of pyridine rings is 1. The highest BCUT2D eigenvalue weighted by molar-refractivity contribution is 5.91. The lowest BCUT2D eigenvalue weighted by Crippen LogP contribution is -2.36. The molecule has 2 aromatic carbocycles. The highest BCUT2D eigenvalue weighted by Crippen LogP contribution is 2.33. The summed E-state index contributed by atoms with van der Waals surface area (Å²) < 4.78 is 6.74. The number of hydrogen-bond acceptors (Lipinski definition) is 5. The van der Waals surface area contributed by atoms with E-state index in [0.29, 0.717) is 17.0 Å². The molecule has 0 fully saturated rings. The Morgan fingerprint density at radius 2 is 1.74 bits per heavy atom. The zero-order valence-corrected chi connectivity index (χ0v) is 20.3. The maximum Gasteiger partial charge on any atom is 0.319 e. The lowest BCUT2D eigenvalue weighted by atomic mass is 9.92. The van der Waals surface area contributed by atoms with Gasteiger partial charge in [-0.15, -0.1) is 0 Å². The number of aromatic hydroxyl groups is 1. The number of aromatic nitrogens is 1. The zero-order valence-electron chi connectivity index (χ0n) is 20.3. The van der Waals surface area contributed by atoms with Crippen molar-refractivity contribution in [3.63, 3.8) is 0 Å². The molecule has 0 spiro atoms. The fraction of sp³-hybridized carbons (Fsp3) is 0.269. The van der Waals surface area contributed by atoms with Gasteiger partial charge in [-0.1, -0.05) is 18.2 Å². The number of hydrogen-bond donors (Lipinski definition) is 4. The number of anilines is 1. The molecule has 1 unspecified atom stereocenters. The van der Waals surface area contributed by atoms with Crippen molar-refractivity contribution in [3.8, 4) is 22.6 Å². The Hall–Kier alpha value is -4.27. The number of carboxylic acid groups (broad SMARTS) is 1. The quantitative estimate of drug-likeness (QED) is 0.405. The fourth-order valence-electron chi connectivity index (χ4n) is 4.01. The lowest BCUT2D eigenvalue weighted by molar-refractivity contribution is -0.137. The number of nitrogens with one attached hydrogen (secondary N) is 2. The predicted octanol–water partition coefficient (Wildman–Crippen LogP) is 4.03. The van der Waals surface area contributed by atoms with Crippen LogP contribution in [0.4, 0.5) is 10.5 Å². The third-order valence-corrected chi connectivity index (χ3v) is 5.91. The molecule has 35 heavy (non-hydrogen) atoms. The Morgan fingerprint density at radius 3 is 2.34 bits per heavy atom. The van der Waals surface area contributed by atoms with Crippen LogP contribution in [0.25, 0.3) is 11.1 Å². The number of aryl methyl sites for hydroxylation is 3. The molecule has 3 rings (SSSR count). The summed E-state index contributed by atoms with van der Waals surface area (Å²) in [6.07, 6.45) is -0.412. The molecule has 9 heteroatoms. The molecule has 3 aromatic rings. The SMILES string of the molecule is COc1cc(-c2c(C)cccc2C)cc(C(CC(=O)O)NC(=O)Nc2c(O)cc(C)n(C)c2=O)c1. The highest BCUT2D eigenvalue weighted by Gasteiger charge is 2.22. The highest BCUT2D eigenvalue weighted by atomic mass is 16.5. The largest absolute Gasteiger partial charge is 0.505 e. The van der Waals surface area contributed by atoms with E-state index in [0.717, 1.165) is 22.3 Å². The summed E-state index contributed by atoms with van der Waals surface area (Å²) in [5.41, 5.74) is 4.01. The van der Waals surface area contributed by atoms with Gasteiger partial charge in [0, 0.05) is 18.8 Å². The second-order valence-corrected chi connectivity index (χ2v) is 8.42. The minimum atomic E-state index is -1.12. The molecule has 1 heterocycles. The number of urea groups is 1. The number of ether oxygens (including phenoxy) is 1. The van der Waals surface area contributed by atoms with E-state index in [1.54, 1.807) is 13.0 Å². The molecular formula is C26H29N3O6. The first-order chi connectivity index (χ1) is 16.5. The van der Waals surface area contributed by atoms with Gasteiger partial charge in [0.25, 0.3) is 5.56 Å². The van der Waals surface area contributed by atoms with Crippen LogP contribution >= 0.6 is 0 Å². The van der Waals surface area contributed by atoms with Crippen LogP contribution in [-0.2, 0) is 11.8 Å². The van der Waals surface area contributed by atoms with Crippen LogP contribution in [0.15, 0.2) is 47.3 Å². The van der Waals surface area contributed by atoms with Crippen molar-refractivity contribution < 1.29 is 24.5 Å². The maximum absolute atomic E-state index is 12.8. The molecule has 184 valence electrons. The molecule has 0 aliphatic carbocycles. The number of rotatable bonds is 7. The summed E-state index contributed by atoms with van der Waals surface area (Å²) >= 11 is 0. The van der Waals surface area contributed by atoms with Crippen LogP contribution < -0.4 is 20.9 Å². The molecule has 4 N–H and O–H groups in total. The van der Waals surface area contributed by atoms with E-state index < -0.39 is 30.0 Å². The molecule has 9 nitrogen and oxygen atoms in total.